The van der Waals surface area contributed by atoms with Gasteiger partial charge in [-0.25, -0.2) is 0 Å². The predicted octanol–water partition coefficient (Wildman–Crippen LogP) is 2.33. The summed E-state index contributed by atoms with van der Waals surface area (Å²) >= 11 is 3.21. The molecule has 0 saturated carbocycles. The van der Waals surface area contributed by atoms with Crippen molar-refractivity contribution in [3.63, 3.8) is 0 Å². The predicted molar refractivity (Wildman–Crippen MR) is 96.0 cm³/mol. The van der Waals surface area contributed by atoms with Crippen molar-refractivity contribution < 1.29 is 4.79 Å². The third-order valence-corrected chi connectivity index (χ3v) is 5.98. The summed E-state index contributed by atoms with van der Waals surface area (Å²) in [6.45, 7) is 2.47. The van der Waals surface area contributed by atoms with E-state index in [4.69, 9.17) is 0 Å². The fourth-order valence-electron chi connectivity index (χ4n) is 2.71. The van der Waals surface area contributed by atoms with Crippen molar-refractivity contribution in [2.24, 2.45) is 0 Å². The molecular weight excluding hydrogens is 344 g/mol. The van der Waals surface area contributed by atoms with Crippen LogP contribution in [0.25, 0.3) is 0 Å². The topological polar surface area (TPSA) is 87.7 Å². The van der Waals surface area contributed by atoms with Crippen molar-refractivity contribution in [1.82, 2.24) is 20.5 Å². The van der Waals surface area contributed by atoms with Crippen molar-refractivity contribution in [3.8, 4) is 0 Å². The lowest BCUT2D eigenvalue weighted by atomic mass is 9.95. The number of amides is 1. The second kappa shape index (κ2) is 7.94. The SMILES string of the molecule is Cc1nnc(SCCCNC(=O)c2cc3c([nH]c2=O)CCCC3)s1. The zero-order valence-corrected chi connectivity index (χ0v) is 15.2. The van der Waals surface area contributed by atoms with Crippen LogP contribution in [0.5, 0.6) is 0 Å². The zero-order valence-electron chi connectivity index (χ0n) is 13.6. The molecule has 2 aromatic rings. The van der Waals surface area contributed by atoms with Crippen LogP contribution in [0.3, 0.4) is 0 Å². The number of aryl methyl sites for hydroxylation is 3. The molecule has 0 fully saturated rings. The Labute approximate surface area is 148 Å². The Morgan fingerprint density at radius 2 is 2.21 bits per heavy atom. The van der Waals surface area contributed by atoms with E-state index in [9.17, 15) is 9.59 Å². The number of H-pyrrole nitrogens is 1. The van der Waals surface area contributed by atoms with Crippen LogP contribution in [0.1, 0.15) is 45.9 Å². The number of nitrogens with one attached hydrogen (secondary N) is 2. The standard InChI is InChI=1S/C16H20N4O2S2/c1-10-19-20-16(24-10)23-8-4-7-17-14(21)12-9-11-5-2-3-6-13(11)18-15(12)22/h9H,2-8H2,1H3,(H,17,21)(H,18,22). The minimum Gasteiger partial charge on any atom is -0.352 e. The molecule has 0 unspecified atom stereocenters. The molecule has 0 aliphatic heterocycles. The number of thioether (sulfide) groups is 1. The average molecular weight is 364 g/mol. The Kier molecular flexibility index (Phi) is 5.68. The summed E-state index contributed by atoms with van der Waals surface area (Å²) in [5.74, 6) is 0.566. The molecule has 0 bridgehead atoms. The fourth-order valence-corrected chi connectivity index (χ4v) is 4.53. The largest absolute Gasteiger partial charge is 0.352 e. The van der Waals surface area contributed by atoms with E-state index in [0.29, 0.717) is 6.54 Å². The summed E-state index contributed by atoms with van der Waals surface area (Å²) in [4.78, 5) is 27.2. The van der Waals surface area contributed by atoms with Crippen LogP contribution in [0.4, 0.5) is 0 Å². The zero-order chi connectivity index (χ0) is 16.9. The molecule has 24 heavy (non-hydrogen) atoms. The first-order chi connectivity index (χ1) is 11.6. The molecule has 3 rings (SSSR count). The maximum atomic E-state index is 12.2. The molecule has 0 spiro atoms. The molecule has 0 radical (unpaired) electrons. The first-order valence-electron chi connectivity index (χ1n) is 8.09. The number of rotatable bonds is 6. The number of nitrogens with zero attached hydrogens (tertiary/aromatic N) is 2. The summed E-state index contributed by atoms with van der Waals surface area (Å²) in [7, 11) is 0. The Morgan fingerprint density at radius 1 is 1.38 bits per heavy atom. The molecule has 2 N–H and O–H groups in total. The van der Waals surface area contributed by atoms with Crippen LogP contribution in [0.15, 0.2) is 15.2 Å². The maximum Gasteiger partial charge on any atom is 0.261 e. The van der Waals surface area contributed by atoms with E-state index in [2.05, 4.69) is 20.5 Å². The minimum atomic E-state index is -0.290. The van der Waals surface area contributed by atoms with E-state index in [1.807, 2.05) is 6.92 Å². The van der Waals surface area contributed by atoms with Gasteiger partial charge < -0.3 is 10.3 Å². The molecule has 0 atom stereocenters. The summed E-state index contributed by atoms with van der Waals surface area (Å²) in [5, 5.41) is 11.8. The van der Waals surface area contributed by atoms with Gasteiger partial charge in [0.25, 0.3) is 11.5 Å². The minimum absolute atomic E-state index is 0.225. The van der Waals surface area contributed by atoms with Gasteiger partial charge in [0.1, 0.15) is 10.6 Å². The summed E-state index contributed by atoms with van der Waals surface area (Å²) in [5.41, 5.74) is 2.04. The first-order valence-corrected chi connectivity index (χ1v) is 9.90. The molecule has 0 aromatic carbocycles. The Bertz CT molecular complexity index is 785. The number of aromatic nitrogens is 3. The highest BCUT2D eigenvalue weighted by molar-refractivity contribution is 8.01. The molecule has 1 aliphatic rings. The normalized spacial score (nSPS) is 13.5. The molecule has 0 saturated heterocycles. The molecule has 2 heterocycles. The maximum absolute atomic E-state index is 12.2. The molecule has 6 nitrogen and oxygen atoms in total. The third-order valence-electron chi connectivity index (χ3n) is 3.92. The van der Waals surface area contributed by atoms with Gasteiger partial charge in [-0.3, -0.25) is 9.59 Å². The Balaban J connectivity index is 1.49. The van der Waals surface area contributed by atoms with Crippen LogP contribution in [-0.2, 0) is 12.8 Å². The molecular formula is C16H20N4O2S2. The lowest BCUT2D eigenvalue weighted by Gasteiger charge is -2.15. The average Bonchev–Trinajstić information content (AvgIpc) is 2.99. The highest BCUT2D eigenvalue weighted by atomic mass is 32.2. The number of pyridine rings is 1. The fraction of sp³-hybridized carbons (Fsp3) is 0.500. The van der Waals surface area contributed by atoms with Crippen LogP contribution in [0.2, 0.25) is 0 Å². The van der Waals surface area contributed by atoms with Gasteiger partial charge in [-0.1, -0.05) is 23.1 Å². The van der Waals surface area contributed by atoms with E-state index >= 15 is 0 Å². The number of hydrogen-bond acceptors (Lipinski definition) is 6. The van der Waals surface area contributed by atoms with Gasteiger partial charge in [0.2, 0.25) is 0 Å². The molecule has 2 aromatic heterocycles. The van der Waals surface area contributed by atoms with Crippen molar-refractivity contribution in [1.29, 1.82) is 0 Å². The van der Waals surface area contributed by atoms with E-state index in [1.54, 1.807) is 29.2 Å². The van der Waals surface area contributed by atoms with Crippen molar-refractivity contribution in [2.45, 2.75) is 43.4 Å². The number of fused-ring (bicyclic) bond motifs is 1. The van der Waals surface area contributed by atoms with Gasteiger partial charge in [0.05, 0.1) is 0 Å². The van der Waals surface area contributed by atoms with Gasteiger partial charge in [-0.2, -0.15) is 0 Å². The summed E-state index contributed by atoms with van der Waals surface area (Å²) in [6.07, 6.45) is 4.86. The first kappa shape index (κ1) is 17.2. The van der Waals surface area contributed by atoms with Crippen LogP contribution < -0.4 is 10.9 Å². The molecule has 128 valence electrons. The second-order valence-corrected chi connectivity index (χ2v) is 8.29. The lowest BCUT2D eigenvalue weighted by molar-refractivity contribution is 0.0952. The molecule has 1 amide bonds. The smallest absolute Gasteiger partial charge is 0.261 e. The molecule has 1 aliphatic carbocycles. The number of hydrogen-bond donors (Lipinski definition) is 2. The van der Waals surface area contributed by atoms with Crippen LogP contribution in [0, 0.1) is 6.92 Å². The van der Waals surface area contributed by atoms with Gasteiger partial charge in [0.15, 0.2) is 4.34 Å². The number of carbonyl (C=O) groups excluding carboxylic acids is 1. The Hall–Kier alpha value is -1.67. The highest BCUT2D eigenvalue weighted by Crippen LogP contribution is 2.22. The molecule has 8 heteroatoms. The van der Waals surface area contributed by atoms with Gasteiger partial charge >= 0.3 is 0 Å². The Morgan fingerprint density at radius 3 is 3.00 bits per heavy atom. The summed E-state index contributed by atoms with van der Waals surface area (Å²) in [6, 6.07) is 1.77. The summed E-state index contributed by atoms with van der Waals surface area (Å²) < 4.78 is 0.949. The van der Waals surface area contributed by atoms with E-state index in [0.717, 1.165) is 58.5 Å². The monoisotopic (exact) mass is 364 g/mol. The van der Waals surface area contributed by atoms with E-state index in [1.165, 1.54) is 0 Å². The van der Waals surface area contributed by atoms with Crippen molar-refractivity contribution >= 4 is 29.0 Å². The number of aromatic amines is 1. The van der Waals surface area contributed by atoms with Gasteiger partial charge in [-0.15, -0.1) is 10.2 Å². The van der Waals surface area contributed by atoms with E-state index < -0.39 is 0 Å². The van der Waals surface area contributed by atoms with Crippen LogP contribution >= 0.6 is 23.1 Å². The highest BCUT2D eigenvalue weighted by Gasteiger charge is 2.16. The number of carbonyl (C=O) groups is 1. The van der Waals surface area contributed by atoms with Gasteiger partial charge in [-0.05, 0) is 50.7 Å². The van der Waals surface area contributed by atoms with Crippen molar-refractivity contribution in [3.05, 3.63) is 38.2 Å². The third kappa shape index (κ3) is 4.24. The quantitative estimate of drug-likeness (QED) is 0.607. The van der Waals surface area contributed by atoms with Gasteiger partial charge in [0, 0.05) is 18.0 Å². The second-order valence-electron chi connectivity index (χ2n) is 5.77. The van der Waals surface area contributed by atoms with E-state index in [-0.39, 0.29) is 17.0 Å². The van der Waals surface area contributed by atoms with Crippen molar-refractivity contribution in [2.75, 3.05) is 12.3 Å². The lowest BCUT2D eigenvalue weighted by Crippen LogP contribution is -2.31. The van der Waals surface area contributed by atoms with Crippen LogP contribution in [-0.4, -0.2) is 33.4 Å².